The lowest BCUT2D eigenvalue weighted by Gasteiger charge is -2.27. The van der Waals surface area contributed by atoms with Gasteiger partial charge in [-0.2, -0.15) is 0 Å². The maximum absolute atomic E-state index is 10.9. The molecule has 2 aliphatic carbocycles. The van der Waals surface area contributed by atoms with E-state index < -0.39 is 12.1 Å². The number of rotatable bonds is 3. The van der Waals surface area contributed by atoms with Gasteiger partial charge < -0.3 is 10.2 Å². The van der Waals surface area contributed by atoms with Gasteiger partial charge in [-0.15, -0.1) is 0 Å². The Morgan fingerprint density at radius 3 is 2.27 bits per heavy atom. The van der Waals surface area contributed by atoms with Gasteiger partial charge in [-0.3, -0.25) is 0 Å². The van der Waals surface area contributed by atoms with Gasteiger partial charge >= 0.3 is 5.97 Å². The zero-order valence-corrected chi connectivity index (χ0v) is 9.49. The van der Waals surface area contributed by atoms with Crippen molar-refractivity contribution in [1.82, 2.24) is 0 Å². The summed E-state index contributed by atoms with van der Waals surface area (Å²) >= 11 is 0. The summed E-state index contributed by atoms with van der Waals surface area (Å²) in [5.74, 6) is -0.629. The van der Waals surface area contributed by atoms with Gasteiger partial charge in [0.15, 0.2) is 6.10 Å². The first kappa shape index (κ1) is 10.9. The third-order valence-corrected chi connectivity index (χ3v) is 4.39. The summed E-state index contributed by atoms with van der Waals surface area (Å²) < 4.78 is 0. The number of aliphatic carboxylic acids is 1. The molecular formula is C12H20O3. The monoisotopic (exact) mass is 212 g/mol. The van der Waals surface area contributed by atoms with Gasteiger partial charge in [0, 0.05) is 5.41 Å². The predicted molar refractivity (Wildman–Crippen MR) is 56.4 cm³/mol. The summed E-state index contributed by atoms with van der Waals surface area (Å²) in [7, 11) is 0. The molecule has 2 saturated carbocycles. The molecule has 3 heteroatoms. The maximum atomic E-state index is 10.9. The summed E-state index contributed by atoms with van der Waals surface area (Å²) in [6, 6.07) is 0. The van der Waals surface area contributed by atoms with Crippen LogP contribution in [-0.4, -0.2) is 22.3 Å². The summed E-state index contributed by atoms with van der Waals surface area (Å²) in [5.41, 5.74) is 0.0537. The number of carbonyl (C=O) groups is 1. The molecular weight excluding hydrogens is 192 g/mol. The van der Waals surface area contributed by atoms with Crippen molar-refractivity contribution >= 4 is 5.97 Å². The summed E-state index contributed by atoms with van der Waals surface area (Å²) in [4.78, 5) is 10.9. The van der Waals surface area contributed by atoms with Crippen molar-refractivity contribution in [2.24, 2.45) is 16.7 Å². The van der Waals surface area contributed by atoms with Crippen molar-refractivity contribution in [2.75, 3.05) is 0 Å². The fraction of sp³-hybridized carbons (Fsp3) is 0.917. The molecule has 0 bridgehead atoms. The van der Waals surface area contributed by atoms with E-state index in [1.54, 1.807) is 0 Å². The zero-order valence-electron chi connectivity index (χ0n) is 9.49. The minimum atomic E-state index is -1.14. The molecule has 0 radical (unpaired) electrons. The van der Waals surface area contributed by atoms with Gasteiger partial charge in [0.2, 0.25) is 0 Å². The number of carboxylic acids is 1. The van der Waals surface area contributed by atoms with Gasteiger partial charge in [-0.05, 0) is 43.4 Å². The highest BCUT2D eigenvalue weighted by molar-refractivity contribution is 5.73. The predicted octanol–water partition coefficient (Wildman–Crippen LogP) is 2.04. The Balaban J connectivity index is 2.08. The van der Waals surface area contributed by atoms with E-state index in [0.29, 0.717) is 11.3 Å². The van der Waals surface area contributed by atoms with Gasteiger partial charge in [0.25, 0.3) is 0 Å². The Labute approximate surface area is 90.5 Å². The largest absolute Gasteiger partial charge is 0.479 e. The standard InChI is InChI=1S/C12H20O3/c1-11(2)4-3-8(7-11)12(5-6-12)9(13)10(14)15/h8-9,13H,3-7H2,1-2H3,(H,14,15). The molecule has 2 fully saturated rings. The molecule has 0 spiro atoms. The average molecular weight is 212 g/mol. The lowest BCUT2D eigenvalue weighted by molar-refractivity contribution is -0.152. The highest BCUT2D eigenvalue weighted by Crippen LogP contribution is 2.62. The van der Waals surface area contributed by atoms with E-state index in [9.17, 15) is 9.90 Å². The zero-order chi connectivity index (χ0) is 11.3. The van der Waals surface area contributed by atoms with Crippen molar-refractivity contribution in [1.29, 1.82) is 0 Å². The molecule has 0 saturated heterocycles. The van der Waals surface area contributed by atoms with Crippen molar-refractivity contribution in [3.8, 4) is 0 Å². The normalized spacial score (nSPS) is 33.7. The summed E-state index contributed by atoms with van der Waals surface area (Å²) in [5, 5.41) is 18.6. The van der Waals surface area contributed by atoms with Crippen LogP contribution >= 0.6 is 0 Å². The number of aliphatic hydroxyl groups is 1. The van der Waals surface area contributed by atoms with Crippen LogP contribution in [0.4, 0.5) is 0 Å². The van der Waals surface area contributed by atoms with Gasteiger partial charge in [0.1, 0.15) is 0 Å². The molecule has 2 unspecified atom stereocenters. The molecule has 0 amide bonds. The average Bonchev–Trinajstić information content (AvgIpc) is 2.85. The second-order valence-corrected chi connectivity index (χ2v) is 6.08. The molecule has 0 aromatic rings. The van der Waals surface area contributed by atoms with Crippen LogP contribution in [0.3, 0.4) is 0 Å². The van der Waals surface area contributed by atoms with E-state index in [2.05, 4.69) is 13.8 Å². The van der Waals surface area contributed by atoms with E-state index in [1.807, 2.05) is 0 Å². The minimum absolute atomic E-state index is 0.278. The molecule has 0 heterocycles. The van der Waals surface area contributed by atoms with Gasteiger partial charge in [-0.1, -0.05) is 13.8 Å². The van der Waals surface area contributed by atoms with Crippen LogP contribution in [-0.2, 0) is 4.79 Å². The molecule has 15 heavy (non-hydrogen) atoms. The van der Waals surface area contributed by atoms with E-state index in [-0.39, 0.29) is 5.41 Å². The second-order valence-electron chi connectivity index (χ2n) is 6.08. The Morgan fingerprint density at radius 1 is 1.33 bits per heavy atom. The number of hydrogen-bond acceptors (Lipinski definition) is 2. The maximum Gasteiger partial charge on any atom is 0.333 e. The summed E-state index contributed by atoms with van der Waals surface area (Å²) in [6.45, 7) is 4.46. The number of aliphatic hydroxyl groups excluding tert-OH is 1. The van der Waals surface area contributed by atoms with Gasteiger partial charge in [-0.25, -0.2) is 4.79 Å². The van der Waals surface area contributed by atoms with E-state index >= 15 is 0 Å². The third-order valence-electron chi connectivity index (χ3n) is 4.39. The van der Waals surface area contributed by atoms with Crippen molar-refractivity contribution in [3.05, 3.63) is 0 Å². The second kappa shape index (κ2) is 3.21. The fourth-order valence-corrected chi connectivity index (χ4v) is 3.22. The molecule has 2 aliphatic rings. The minimum Gasteiger partial charge on any atom is -0.479 e. The van der Waals surface area contributed by atoms with E-state index in [1.165, 1.54) is 0 Å². The SMILES string of the molecule is CC1(C)CCC(C2(C(O)C(=O)O)CC2)C1. The van der Waals surface area contributed by atoms with Crippen molar-refractivity contribution in [3.63, 3.8) is 0 Å². The van der Waals surface area contributed by atoms with Crippen LogP contribution in [0.5, 0.6) is 0 Å². The van der Waals surface area contributed by atoms with Crippen molar-refractivity contribution in [2.45, 2.75) is 52.1 Å². The van der Waals surface area contributed by atoms with Crippen molar-refractivity contribution < 1.29 is 15.0 Å². The molecule has 2 atom stereocenters. The first-order valence-electron chi connectivity index (χ1n) is 5.78. The fourth-order valence-electron chi connectivity index (χ4n) is 3.22. The van der Waals surface area contributed by atoms with E-state index in [4.69, 9.17) is 5.11 Å². The lowest BCUT2D eigenvalue weighted by atomic mass is 9.80. The van der Waals surface area contributed by atoms with Crippen LogP contribution in [0, 0.1) is 16.7 Å². The number of carboxylic acid groups (broad SMARTS) is 1. The lowest BCUT2D eigenvalue weighted by Crippen LogP contribution is -2.35. The molecule has 0 aromatic carbocycles. The third kappa shape index (κ3) is 1.78. The Morgan fingerprint density at radius 2 is 1.93 bits per heavy atom. The highest BCUT2D eigenvalue weighted by atomic mass is 16.4. The molecule has 86 valence electrons. The molecule has 2 N–H and O–H groups in total. The first-order valence-corrected chi connectivity index (χ1v) is 5.78. The smallest absolute Gasteiger partial charge is 0.333 e. The quantitative estimate of drug-likeness (QED) is 0.752. The Kier molecular flexibility index (Phi) is 2.34. The molecule has 0 aliphatic heterocycles. The highest BCUT2D eigenvalue weighted by Gasteiger charge is 2.59. The van der Waals surface area contributed by atoms with Crippen LogP contribution < -0.4 is 0 Å². The first-order chi connectivity index (χ1) is 6.87. The Hall–Kier alpha value is -0.570. The topological polar surface area (TPSA) is 57.5 Å². The summed E-state index contributed by atoms with van der Waals surface area (Å²) in [6.07, 6.45) is 3.94. The van der Waals surface area contributed by atoms with Crippen LogP contribution in [0.15, 0.2) is 0 Å². The molecule has 2 rings (SSSR count). The van der Waals surface area contributed by atoms with E-state index in [0.717, 1.165) is 32.1 Å². The van der Waals surface area contributed by atoms with Crippen LogP contribution in [0.25, 0.3) is 0 Å². The molecule has 3 nitrogen and oxygen atoms in total. The molecule has 0 aromatic heterocycles. The van der Waals surface area contributed by atoms with Gasteiger partial charge in [0.05, 0.1) is 0 Å². The number of hydrogen-bond donors (Lipinski definition) is 2. The Bertz CT molecular complexity index is 279. The van der Waals surface area contributed by atoms with Crippen LogP contribution in [0.1, 0.15) is 46.0 Å². The van der Waals surface area contributed by atoms with Crippen LogP contribution in [0.2, 0.25) is 0 Å².